The highest BCUT2D eigenvalue weighted by Gasteiger charge is 2.09. The molecule has 0 radical (unpaired) electrons. The molecular weight excluding hydrogens is 370 g/mol. The summed E-state index contributed by atoms with van der Waals surface area (Å²) in [4.78, 5) is 11.2. The first-order valence-corrected chi connectivity index (χ1v) is 8.73. The minimum Gasteiger partial charge on any atom is -0.494 e. The largest absolute Gasteiger partial charge is 0.494 e. The van der Waals surface area contributed by atoms with Gasteiger partial charge in [-0.1, -0.05) is 22.0 Å². The number of nitrogens with one attached hydrogen (secondary N) is 1. The van der Waals surface area contributed by atoms with Gasteiger partial charge in [0.1, 0.15) is 5.75 Å². The van der Waals surface area contributed by atoms with Crippen molar-refractivity contribution in [2.24, 2.45) is 0 Å². The molecule has 0 aliphatic heterocycles. The molecule has 128 valence electrons. The van der Waals surface area contributed by atoms with Crippen LogP contribution in [0.1, 0.15) is 34.3 Å². The molecule has 2 aromatic carbocycles. The molecule has 0 saturated carbocycles. The normalized spacial score (nSPS) is 10.5. The summed E-state index contributed by atoms with van der Waals surface area (Å²) in [7, 11) is 0. The third-order valence-corrected chi connectivity index (χ3v) is 4.06. The first kappa shape index (κ1) is 18.3. The monoisotopic (exact) mass is 391 g/mol. The van der Waals surface area contributed by atoms with Crippen LogP contribution in [-0.4, -0.2) is 24.2 Å². The molecular formula is C19H22BrNO3. The molecule has 0 unspecified atom stereocenters. The molecule has 5 heteroatoms. The van der Waals surface area contributed by atoms with E-state index in [-0.39, 0.29) is 5.56 Å². The van der Waals surface area contributed by atoms with Gasteiger partial charge in [0.05, 0.1) is 12.2 Å². The van der Waals surface area contributed by atoms with Crippen molar-refractivity contribution in [1.82, 2.24) is 0 Å². The standard InChI is InChI=1S/C19H22BrNO3/c1-13-9-14(2)11-16(10-13)24-8-4-3-7-21-18-6-5-15(20)12-17(18)19(22)23/h5-6,9-12,21H,3-4,7-8H2,1-2H3,(H,22,23). The Morgan fingerprint density at radius 3 is 2.50 bits per heavy atom. The Morgan fingerprint density at radius 1 is 1.12 bits per heavy atom. The third-order valence-electron chi connectivity index (χ3n) is 3.56. The van der Waals surface area contributed by atoms with Crippen LogP contribution in [0.5, 0.6) is 5.75 Å². The highest BCUT2D eigenvalue weighted by molar-refractivity contribution is 9.10. The van der Waals surface area contributed by atoms with E-state index < -0.39 is 5.97 Å². The van der Waals surface area contributed by atoms with E-state index in [9.17, 15) is 9.90 Å². The van der Waals surface area contributed by atoms with Crippen LogP contribution < -0.4 is 10.1 Å². The van der Waals surface area contributed by atoms with E-state index in [1.807, 2.05) is 18.2 Å². The fourth-order valence-electron chi connectivity index (χ4n) is 2.50. The van der Waals surface area contributed by atoms with Crippen LogP contribution in [-0.2, 0) is 0 Å². The van der Waals surface area contributed by atoms with E-state index in [1.165, 1.54) is 11.1 Å². The molecule has 0 aliphatic rings. The summed E-state index contributed by atoms with van der Waals surface area (Å²) in [5.74, 6) is -0.0292. The number of ether oxygens (including phenoxy) is 1. The van der Waals surface area contributed by atoms with Gasteiger partial charge in [-0.2, -0.15) is 0 Å². The van der Waals surface area contributed by atoms with Crippen molar-refractivity contribution in [2.45, 2.75) is 26.7 Å². The smallest absolute Gasteiger partial charge is 0.337 e. The zero-order valence-corrected chi connectivity index (χ0v) is 15.5. The van der Waals surface area contributed by atoms with Crippen molar-refractivity contribution in [3.8, 4) is 5.75 Å². The minimum absolute atomic E-state index is 0.274. The summed E-state index contributed by atoms with van der Waals surface area (Å²) < 4.78 is 6.53. The number of hydrogen-bond donors (Lipinski definition) is 2. The summed E-state index contributed by atoms with van der Waals surface area (Å²) in [5, 5.41) is 12.4. The van der Waals surface area contributed by atoms with E-state index in [0.29, 0.717) is 18.8 Å². The van der Waals surface area contributed by atoms with Crippen LogP contribution in [0.4, 0.5) is 5.69 Å². The van der Waals surface area contributed by atoms with Gasteiger partial charge in [-0.3, -0.25) is 0 Å². The van der Waals surface area contributed by atoms with Crippen molar-refractivity contribution in [2.75, 3.05) is 18.5 Å². The van der Waals surface area contributed by atoms with Gasteiger partial charge in [0, 0.05) is 16.7 Å². The number of anilines is 1. The predicted molar refractivity (Wildman–Crippen MR) is 100 cm³/mol. The number of unbranched alkanes of at least 4 members (excludes halogenated alkanes) is 1. The SMILES string of the molecule is Cc1cc(C)cc(OCCCCNc2ccc(Br)cc2C(=O)O)c1. The summed E-state index contributed by atoms with van der Waals surface area (Å²) in [6.07, 6.45) is 1.80. The van der Waals surface area contributed by atoms with Gasteiger partial charge in [0.25, 0.3) is 0 Å². The van der Waals surface area contributed by atoms with Crippen LogP contribution in [0.2, 0.25) is 0 Å². The molecule has 0 heterocycles. The lowest BCUT2D eigenvalue weighted by Crippen LogP contribution is -2.09. The second-order valence-electron chi connectivity index (χ2n) is 5.80. The van der Waals surface area contributed by atoms with Gasteiger partial charge in [0.2, 0.25) is 0 Å². The van der Waals surface area contributed by atoms with Gasteiger partial charge in [-0.05, 0) is 68.1 Å². The number of benzene rings is 2. The molecule has 0 aromatic heterocycles. The Bertz CT molecular complexity index is 696. The molecule has 0 saturated heterocycles. The maximum absolute atomic E-state index is 11.2. The molecule has 0 aliphatic carbocycles. The van der Waals surface area contributed by atoms with E-state index in [1.54, 1.807) is 12.1 Å². The Labute approximate surface area is 151 Å². The van der Waals surface area contributed by atoms with Crippen molar-refractivity contribution in [3.05, 3.63) is 57.6 Å². The second kappa shape index (κ2) is 8.73. The van der Waals surface area contributed by atoms with E-state index in [2.05, 4.69) is 41.2 Å². The molecule has 0 atom stereocenters. The minimum atomic E-state index is -0.933. The number of carbonyl (C=O) groups is 1. The third kappa shape index (κ3) is 5.57. The average Bonchev–Trinajstić information content (AvgIpc) is 2.50. The maximum atomic E-state index is 11.2. The lowest BCUT2D eigenvalue weighted by atomic mass is 10.1. The van der Waals surface area contributed by atoms with Gasteiger partial charge < -0.3 is 15.2 Å². The summed E-state index contributed by atoms with van der Waals surface area (Å²) >= 11 is 3.29. The van der Waals surface area contributed by atoms with Crippen molar-refractivity contribution in [3.63, 3.8) is 0 Å². The Kier molecular flexibility index (Phi) is 6.67. The highest BCUT2D eigenvalue weighted by atomic mass is 79.9. The average molecular weight is 392 g/mol. The molecule has 0 fully saturated rings. The fraction of sp³-hybridized carbons (Fsp3) is 0.316. The molecule has 0 spiro atoms. The second-order valence-corrected chi connectivity index (χ2v) is 6.72. The highest BCUT2D eigenvalue weighted by Crippen LogP contribution is 2.21. The van der Waals surface area contributed by atoms with Gasteiger partial charge in [-0.15, -0.1) is 0 Å². The van der Waals surface area contributed by atoms with Crippen LogP contribution in [0, 0.1) is 13.8 Å². The predicted octanol–water partition coefficient (Wildman–Crippen LogP) is 5.04. The van der Waals surface area contributed by atoms with Crippen molar-refractivity contribution in [1.29, 1.82) is 0 Å². The zero-order chi connectivity index (χ0) is 17.5. The summed E-state index contributed by atoms with van der Waals surface area (Å²) in [5.41, 5.74) is 3.31. The van der Waals surface area contributed by atoms with E-state index in [4.69, 9.17) is 4.74 Å². The van der Waals surface area contributed by atoms with E-state index >= 15 is 0 Å². The van der Waals surface area contributed by atoms with Crippen LogP contribution in [0.15, 0.2) is 40.9 Å². The maximum Gasteiger partial charge on any atom is 0.337 e. The molecule has 4 nitrogen and oxygen atoms in total. The van der Waals surface area contributed by atoms with E-state index in [0.717, 1.165) is 23.1 Å². The summed E-state index contributed by atoms with van der Waals surface area (Å²) in [6.45, 7) is 5.47. The van der Waals surface area contributed by atoms with Gasteiger partial charge in [0.15, 0.2) is 0 Å². The molecule has 0 bridgehead atoms. The molecule has 0 amide bonds. The van der Waals surface area contributed by atoms with Crippen LogP contribution in [0.3, 0.4) is 0 Å². The lowest BCUT2D eigenvalue weighted by Gasteiger charge is -2.11. The molecule has 2 aromatic rings. The molecule has 24 heavy (non-hydrogen) atoms. The lowest BCUT2D eigenvalue weighted by molar-refractivity contribution is 0.0698. The number of aryl methyl sites for hydroxylation is 2. The fourth-order valence-corrected chi connectivity index (χ4v) is 2.87. The van der Waals surface area contributed by atoms with Gasteiger partial charge in [-0.25, -0.2) is 4.79 Å². The topological polar surface area (TPSA) is 58.6 Å². The first-order chi connectivity index (χ1) is 11.5. The molecule has 2 rings (SSSR count). The number of aromatic carboxylic acids is 1. The summed E-state index contributed by atoms with van der Waals surface area (Å²) in [6, 6.07) is 11.4. The van der Waals surface area contributed by atoms with Crippen molar-refractivity contribution < 1.29 is 14.6 Å². The quantitative estimate of drug-likeness (QED) is 0.619. The number of halogens is 1. The van der Waals surface area contributed by atoms with Crippen LogP contribution in [0.25, 0.3) is 0 Å². The van der Waals surface area contributed by atoms with Crippen molar-refractivity contribution >= 4 is 27.6 Å². The zero-order valence-electron chi connectivity index (χ0n) is 13.9. The first-order valence-electron chi connectivity index (χ1n) is 7.93. The number of hydrogen-bond acceptors (Lipinski definition) is 3. The Balaban J connectivity index is 1.75. The number of carboxylic acid groups (broad SMARTS) is 1. The Hall–Kier alpha value is -2.01. The number of rotatable bonds is 8. The van der Waals surface area contributed by atoms with Gasteiger partial charge >= 0.3 is 5.97 Å². The van der Waals surface area contributed by atoms with Crippen LogP contribution >= 0.6 is 15.9 Å². The number of carboxylic acids is 1. The molecule has 2 N–H and O–H groups in total. The Morgan fingerprint density at radius 2 is 1.83 bits per heavy atom.